The van der Waals surface area contributed by atoms with Gasteiger partial charge in [0.25, 0.3) is 0 Å². The predicted octanol–water partition coefficient (Wildman–Crippen LogP) is 3.98. The first kappa shape index (κ1) is 9.31. The smallest absolute Gasteiger partial charge is 0.163 e. The van der Waals surface area contributed by atoms with E-state index in [2.05, 4.69) is 0 Å². The Bertz CT molecular complexity index is 1300. The lowest BCUT2D eigenvalue weighted by molar-refractivity contribution is -0.121. The minimum Gasteiger partial charge on any atom is -0.493 e. The number of carbonyl (C=O) groups excluding carboxylic acids is 2. The molecule has 152 valence electrons. The SMILES string of the molecule is [2H]/C(=C\c1ccc(OC([2H])([2H])[2H])c(OC([2H])([2H])[2H])c1)C(=O)CC(=O)/C([2H])=C/c1ccc(OC([2H])([2H])[2H])c(OC([2H])([2H])[2H])c1. The molecule has 0 atom stereocenters. The molecule has 29 heavy (non-hydrogen) atoms. The summed E-state index contributed by atoms with van der Waals surface area (Å²) in [7, 11) is -11.8. The van der Waals surface area contributed by atoms with Crippen molar-refractivity contribution in [3.63, 3.8) is 0 Å². The van der Waals surface area contributed by atoms with Crippen molar-refractivity contribution in [1.82, 2.24) is 0 Å². The van der Waals surface area contributed by atoms with Crippen molar-refractivity contribution < 1.29 is 47.7 Å². The van der Waals surface area contributed by atoms with Crippen LogP contribution in [0.5, 0.6) is 23.0 Å². The van der Waals surface area contributed by atoms with Crippen LogP contribution in [0, 0.1) is 0 Å². The van der Waals surface area contributed by atoms with E-state index < -0.39 is 81.2 Å². The van der Waals surface area contributed by atoms with E-state index in [1.165, 1.54) is 12.1 Å². The fourth-order valence-corrected chi connectivity index (χ4v) is 2.13. The van der Waals surface area contributed by atoms with Gasteiger partial charge in [-0.1, -0.05) is 24.3 Å². The molecule has 6 nitrogen and oxygen atoms in total. The fourth-order valence-electron chi connectivity index (χ4n) is 2.13. The molecular weight excluding hydrogens is 372 g/mol. The van der Waals surface area contributed by atoms with Crippen LogP contribution in [0.3, 0.4) is 0 Å². The highest BCUT2D eigenvalue weighted by Gasteiger charge is 2.07. The highest BCUT2D eigenvalue weighted by molar-refractivity contribution is 6.10. The van der Waals surface area contributed by atoms with Crippen molar-refractivity contribution >= 4 is 23.7 Å². The second-order valence-corrected chi connectivity index (χ2v) is 5.42. The maximum atomic E-state index is 12.5. The number of ether oxygens (including phenoxy) is 4. The van der Waals surface area contributed by atoms with Crippen LogP contribution in [-0.4, -0.2) is 39.7 Å². The van der Waals surface area contributed by atoms with E-state index in [-0.39, 0.29) is 11.1 Å². The highest BCUT2D eigenvalue weighted by Crippen LogP contribution is 2.28. The molecule has 0 saturated heterocycles. The molecule has 0 fully saturated rings. The summed E-state index contributed by atoms with van der Waals surface area (Å²) in [5.41, 5.74) is 0.0662. The van der Waals surface area contributed by atoms with Crippen LogP contribution in [0.4, 0.5) is 0 Å². The molecule has 0 N–H and O–H groups in total. The number of methoxy groups -OCH3 is 4. The van der Waals surface area contributed by atoms with Crippen molar-refractivity contribution in [1.29, 1.82) is 0 Å². The van der Waals surface area contributed by atoms with Gasteiger partial charge in [0.2, 0.25) is 0 Å². The summed E-state index contributed by atoms with van der Waals surface area (Å²) >= 11 is 0. The lowest BCUT2D eigenvalue weighted by Gasteiger charge is -2.07. The normalized spacial score (nSPS) is 20.4. The zero-order valence-electron chi connectivity index (χ0n) is 28.8. The molecule has 0 unspecified atom stereocenters. The predicted molar refractivity (Wildman–Crippen MR) is 112 cm³/mol. The molecule has 0 bridgehead atoms. The van der Waals surface area contributed by atoms with Crippen LogP contribution in [-0.2, 0) is 9.59 Å². The van der Waals surface area contributed by atoms with Gasteiger partial charge in [0, 0.05) is 0 Å². The first-order valence-corrected chi connectivity index (χ1v) is 7.88. The van der Waals surface area contributed by atoms with Gasteiger partial charge in [-0.05, 0) is 47.5 Å². The Morgan fingerprint density at radius 1 is 0.759 bits per heavy atom. The summed E-state index contributed by atoms with van der Waals surface area (Å²) in [4.78, 5) is 25.0. The summed E-state index contributed by atoms with van der Waals surface area (Å²) < 4.78 is 122. The summed E-state index contributed by atoms with van der Waals surface area (Å²) in [6, 6.07) is 5.15. The number of benzene rings is 2. The molecule has 0 aliphatic carbocycles. The zero-order valence-corrected chi connectivity index (χ0v) is 14.8. The van der Waals surface area contributed by atoms with Crippen LogP contribution in [0.2, 0.25) is 0 Å². The van der Waals surface area contributed by atoms with Gasteiger partial charge >= 0.3 is 0 Å². The molecule has 6 heteroatoms. The van der Waals surface area contributed by atoms with Gasteiger partial charge in [0.15, 0.2) is 34.6 Å². The van der Waals surface area contributed by atoms with E-state index in [0.29, 0.717) is 0 Å². The van der Waals surface area contributed by atoms with Crippen LogP contribution >= 0.6 is 0 Å². The molecule has 0 radical (unpaired) electrons. The van der Waals surface area contributed by atoms with Gasteiger partial charge in [-0.2, -0.15) is 0 Å². The number of carbonyl (C=O) groups is 2. The third-order valence-electron chi connectivity index (χ3n) is 3.50. The van der Waals surface area contributed by atoms with E-state index in [1.54, 1.807) is 0 Å². The number of hydrogen-bond acceptors (Lipinski definition) is 6. The van der Waals surface area contributed by atoms with Crippen molar-refractivity contribution in [3.05, 3.63) is 59.6 Å². The average molecular weight is 411 g/mol. The Morgan fingerprint density at radius 2 is 1.17 bits per heavy atom. The van der Waals surface area contributed by atoms with Gasteiger partial charge < -0.3 is 18.9 Å². The van der Waals surface area contributed by atoms with Gasteiger partial charge in [-0.15, -0.1) is 0 Å². The second-order valence-electron chi connectivity index (χ2n) is 5.42. The van der Waals surface area contributed by atoms with Crippen molar-refractivity contribution in [3.8, 4) is 23.0 Å². The highest BCUT2D eigenvalue weighted by atomic mass is 16.5. The van der Waals surface area contributed by atoms with Crippen LogP contribution in [0.15, 0.2) is 48.5 Å². The van der Waals surface area contributed by atoms with Gasteiger partial charge in [-0.3, -0.25) is 9.59 Å². The van der Waals surface area contributed by atoms with E-state index in [9.17, 15) is 9.59 Å². The van der Waals surface area contributed by atoms with Crippen molar-refractivity contribution in [2.24, 2.45) is 0 Å². The van der Waals surface area contributed by atoms with Crippen molar-refractivity contribution in [2.45, 2.75) is 6.42 Å². The molecule has 0 spiro atoms. The Kier molecular flexibility index (Phi) is 3.44. The minimum atomic E-state index is -2.99. The van der Waals surface area contributed by atoms with E-state index in [0.717, 1.165) is 36.4 Å². The number of ketones is 2. The Hall–Kier alpha value is -3.54. The third kappa shape index (κ3) is 6.24. The molecule has 0 heterocycles. The van der Waals surface area contributed by atoms with Crippen LogP contribution in [0.1, 0.15) is 36.7 Å². The Morgan fingerprint density at radius 3 is 1.59 bits per heavy atom. The molecule has 2 rings (SSSR count). The monoisotopic (exact) mass is 410 g/mol. The molecular formula is C23H24O6. The Labute approximate surface area is 190 Å². The van der Waals surface area contributed by atoms with Gasteiger partial charge in [0.1, 0.15) is 0 Å². The van der Waals surface area contributed by atoms with E-state index >= 15 is 0 Å². The van der Waals surface area contributed by atoms with E-state index in [4.69, 9.17) is 38.1 Å². The lowest BCUT2D eigenvalue weighted by Crippen LogP contribution is -2.02. The fraction of sp³-hybridized carbons (Fsp3) is 0.217. The summed E-state index contributed by atoms with van der Waals surface area (Å²) in [6.45, 7) is 0. The molecule has 2 aromatic rings. The summed E-state index contributed by atoms with van der Waals surface area (Å²) in [5, 5.41) is 0. The summed E-state index contributed by atoms with van der Waals surface area (Å²) in [5.74, 6) is -3.94. The number of rotatable bonds is 10. The van der Waals surface area contributed by atoms with Gasteiger partial charge in [0.05, 0.1) is 53.8 Å². The molecule has 0 saturated carbocycles. The second kappa shape index (κ2) is 10.7. The molecule has 2 aromatic carbocycles. The van der Waals surface area contributed by atoms with Crippen LogP contribution < -0.4 is 18.9 Å². The minimum absolute atomic E-state index is 0.0331. The topological polar surface area (TPSA) is 71.1 Å². The number of allylic oxidation sites excluding steroid dienone is 2. The standard InChI is InChI=1S/C23H24O6/c1-26-20-11-7-16(13-22(20)28-3)5-9-18(24)15-19(25)10-6-17-8-12-21(27-2)23(14-17)29-4/h5-14H,15H2,1-4H3/b9-5+,10-6+/i1D3,2D3,3D3,4D3,9D,10D. The van der Waals surface area contributed by atoms with Crippen LogP contribution in [0.25, 0.3) is 12.2 Å². The molecule has 0 aliphatic rings. The third-order valence-corrected chi connectivity index (χ3v) is 3.50. The first-order valence-electron chi connectivity index (χ1n) is 14.9. The molecule has 0 aromatic heterocycles. The lowest BCUT2D eigenvalue weighted by atomic mass is 10.1. The molecule has 0 aliphatic heterocycles. The largest absolute Gasteiger partial charge is 0.493 e. The Balaban J connectivity index is 2.26. The number of hydrogen-bond donors (Lipinski definition) is 0. The quantitative estimate of drug-likeness (QED) is 0.436. The first-order chi connectivity index (χ1) is 19.4. The van der Waals surface area contributed by atoms with Gasteiger partial charge in [-0.25, -0.2) is 0 Å². The summed E-state index contributed by atoms with van der Waals surface area (Å²) in [6.07, 6.45) is 0.982. The average Bonchev–Trinajstić information content (AvgIpc) is 2.78. The maximum Gasteiger partial charge on any atom is 0.163 e. The zero-order chi connectivity index (χ0) is 33.0. The molecule has 0 amide bonds. The van der Waals surface area contributed by atoms with Crippen molar-refractivity contribution in [2.75, 3.05) is 28.2 Å². The van der Waals surface area contributed by atoms with E-state index in [1.807, 2.05) is 0 Å². The maximum absolute atomic E-state index is 12.5.